The first kappa shape index (κ1) is 12.1. The maximum Gasteiger partial charge on any atom is 0.260 e. The first-order chi connectivity index (χ1) is 10.2. The minimum absolute atomic E-state index is 0.151. The average Bonchev–Trinajstić information content (AvgIpc) is 2.75. The molecule has 1 aromatic heterocycles. The van der Waals surface area contributed by atoms with Crippen molar-refractivity contribution in [1.82, 2.24) is 10.3 Å². The summed E-state index contributed by atoms with van der Waals surface area (Å²) < 4.78 is 0. The van der Waals surface area contributed by atoms with Gasteiger partial charge in [0.05, 0.1) is 5.56 Å². The highest BCUT2D eigenvalue weighted by Gasteiger charge is 2.40. The summed E-state index contributed by atoms with van der Waals surface area (Å²) in [6.45, 7) is 3.77. The van der Waals surface area contributed by atoms with Crippen LogP contribution in [0.3, 0.4) is 0 Å². The Morgan fingerprint density at radius 2 is 2.14 bits per heavy atom. The lowest BCUT2D eigenvalue weighted by Crippen LogP contribution is -2.51. The van der Waals surface area contributed by atoms with Crippen LogP contribution in [0.15, 0.2) is 42.7 Å². The van der Waals surface area contributed by atoms with Crippen molar-refractivity contribution in [3.8, 4) is 0 Å². The smallest absolute Gasteiger partial charge is 0.260 e. The van der Waals surface area contributed by atoms with E-state index in [0.717, 1.165) is 10.8 Å². The van der Waals surface area contributed by atoms with E-state index in [9.17, 15) is 9.59 Å². The Balaban J connectivity index is 1.86. The third-order valence-electron chi connectivity index (χ3n) is 4.08. The predicted molar refractivity (Wildman–Crippen MR) is 78.9 cm³/mol. The van der Waals surface area contributed by atoms with Gasteiger partial charge in [0, 0.05) is 17.3 Å². The Labute approximate surface area is 121 Å². The SMILES string of the molecule is C=C1CCC(N2C(=O)c3cccc4ccnc2c34)C(=O)N1. The van der Waals surface area contributed by atoms with E-state index in [-0.39, 0.29) is 11.8 Å². The van der Waals surface area contributed by atoms with E-state index in [1.807, 2.05) is 18.2 Å². The topological polar surface area (TPSA) is 62.3 Å². The summed E-state index contributed by atoms with van der Waals surface area (Å²) in [5, 5.41) is 4.53. The molecule has 0 radical (unpaired) electrons. The van der Waals surface area contributed by atoms with Crippen molar-refractivity contribution in [3.63, 3.8) is 0 Å². The molecule has 1 aromatic carbocycles. The molecule has 1 unspecified atom stereocenters. The number of pyridine rings is 1. The van der Waals surface area contributed by atoms with Gasteiger partial charge in [0.15, 0.2) is 0 Å². The van der Waals surface area contributed by atoms with Gasteiger partial charge in [-0.15, -0.1) is 0 Å². The molecule has 1 saturated heterocycles. The zero-order valence-electron chi connectivity index (χ0n) is 11.3. The van der Waals surface area contributed by atoms with Crippen molar-refractivity contribution in [2.24, 2.45) is 0 Å². The van der Waals surface area contributed by atoms with Gasteiger partial charge in [-0.1, -0.05) is 18.7 Å². The monoisotopic (exact) mass is 279 g/mol. The summed E-state index contributed by atoms with van der Waals surface area (Å²) in [6, 6.07) is 6.94. The number of hydrogen-bond acceptors (Lipinski definition) is 3. The molecule has 1 N–H and O–H groups in total. The molecule has 0 spiro atoms. The molecule has 1 atom stereocenters. The second-order valence-electron chi connectivity index (χ2n) is 5.36. The Morgan fingerprint density at radius 1 is 1.29 bits per heavy atom. The van der Waals surface area contributed by atoms with Crippen LogP contribution >= 0.6 is 0 Å². The molecular formula is C16H13N3O2. The maximum absolute atomic E-state index is 12.7. The average molecular weight is 279 g/mol. The second-order valence-corrected chi connectivity index (χ2v) is 5.36. The third-order valence-corrected chi connectivity index (χ3v) is 4.08. The van der Waals surface area contributed by atoms with E-state index in [4.69, 9.17) is 0 Å². The molecule has 104 valence electrons. The number of nitrogens with one attached hydrogen (secondary N) is 1. The number of piperidine rings is 1. The first-order valence-corrected chi connectivity index (χ1v) is 6.87. The van der Waals surface area contributed by atoms with Crippen molar-refractivity contribution in [3.05, 3.63) is 48.3 Å². The van der Waals surface area contributed by atoms with Crippen LogP contribution < -0.4 is 10.2 Å². The number of rotatable bonds is 1. The highest BCUT2D eigenvalue weighted by atomic mass is 16.2. The predicted octanol–water partition coefficient (Wildman–Crippen LogP) is 1.99. The lowest BCUT2D eigenvalue weighted by molar-refractivity contribution is -0.122. The van der Waals surface area contributed by atoms with Crippen LogP contribution in [0.5, 0.6) is 0 Å². The van der Waals surface area contributed by atoms with E-state index in [0.29, 0.717) is 29.9 Å². The number of allylic oxidation sites excluding steroid dienone is 1. The maximum atomic E-state index is 12.7. The van der Waals surface area contributed by atoms with Gasteiger partial charge in [-0.05, 0) is 30.4 Å². The van der Waals surface area contributed by atoms with Gasteiger partial charge < -0.3 is 5.32 Å². The molecule has 0 bridgehead atoms. The first-order valence-electron chi connectivity index (χ1n) is 6.87. The van der Waals surface area contributed by atoms with Crippen LogP contribution in [0, 0.1) is 0 Å². The molecule has 5 heteroatoms. The van der Waals surface area contributed by atoms with E-state index in [2.05, 4.69) is 16.9 Å². The molecule has 2 amide bonds. The second kappa shape index (κ2) is 4.15. The number of benzene rings is 1. The van der Waals surface area contributed by atoms with Crippen molar-refractivity contribution in [2.45, 2.75) is 18.9 Å². The molecule has 0 saturated carbocycles. The van der Waals surface area contributed by atoms with E-state index in [1.165, 1.54) is 4.90 Å². The van der Waals surface area contributed by atoms with E-state index >= 15 is 0 Å². The lowest BCUT2D eigenvalue weighted by Gasteiger charge is -2.30. The fourth-order valence-electron chi connectivity index (χ4n) is 3.10. The molecule has 0 aliphatic carbocycles. The van der Waals surface area contributed by atoms with Gasteiger partial charge in [0.2, 0.25) is 5.91 Å². The fraction of sp³-hybridized carbons (Fsp3) is 0.188. The number of carbonyl (C=O) groups excluding carboxylic acids is 2. The highest BCUT2D eigenvalue weighted by Crippen LogP contribution is 2.37. The molecule has 1 fully saturated rings. The van der Waals surface area contributed by atoms with Crippen molar-refractivity contribution < 1.29 is 9.59 Å². The standard InChI is InChI=1S/C16H13N3O2/c1-9-5-6-12(15(20)18-9)19-14-13-10(7-8-17-14)3-2-4-11(13)16(19)21/h2-4,7-8,12H,1,5-6H2,(H,18,20). The summed E-state index contributed by atoms with van der Waals surface area (Å²) >= 11 is 0. The minimum Gasteiger partial charge on any atom is -0.329 e. The molecule has 3 heterocycles. The number of carbonyl (C=O) groups is 2. The van der Waals surface area contributed by atoms with Crippen LogP contribution in [-0.4, -0.2) is 22.8 Å². The lowest BCUT2D eigenvalue weighted by atomic mass is 10.0. The number of nitrogens with zero attached hydrogens (tertiary/aromatic N) is 2. The Kier molecular flexibility index (Phi) is 2.39. The fourth-order valence-corrected chi connectivity index (χ4v) is 3.10. The molecule has 21 heavy (non-hydrogen) atoms. The van der Waals surface area contributed by atoms with Crippen LogP contribution in [0.2, 0.25) is 0 Å². The number of amides is 2. The number of anilines is 1. The van der Waals surface area contributed by atoms with E-state index in [1.54, 1.807) is 12.3 Å². The Bertz CT molecular complexity index is 807. The van der Waals surface area contributed by atoms with Crippen LogP contribution in [0.25, 0.3) is 10.8 Å². The Morgan fingerprint density at radius 3 is 2.95 bits per heavy atom. The van der Waals surface area contributed by atoms with Crippen LogP contribution in [0.1, 0.15) is 23.2 Å². The van der Waals surface area contributed by atoms with Gasteiger partial charge in [0.1, 0.15) is 11.9 Å². The normalized spacial score (nSPS) is 21.0. The number of aromatic nitrogens is 1. The van der Waals surface area contributed by atoms with E-state index < -0.39 is 6.04 Å². The van der Waals surface area contributed by atoms with Gasteiger partial charge >= 0.3 is 0 Å². The van der Waals surface area contributed by atoms with Gasteiger partial charge in [-0.25, -0.2) is 4.98 Å². The Hall–Kier alpha value is -2.69. The summed E-state index contributed by atoms with van der Waals surface area (Å²) in [6.07, 6.45) is 2.92. The molecule has 5 nitrogen and oxygen atoms in total. The van der Waals surface area contributed by atoms with Crippen LogP contribution in [-0.2, 0) is 4.79 Å². The third kappa shape index (κ3) is 1.60. The van der Waals surface area contributed by atoms with Crippen molar-refractivity contribution >= 4 is 28.4 Å². The molecule has 2 aliphatic rings. The minimum atomic E-state index is -0.520. The zero-order valence-corrected chi connectivity index (χ0v) is 11.3. The van der Waals surface area contributed by atoms with Gasteiger partial charge in [-0.3, -0.25) is 14.5 Å². The largest absolute Gasteiger partial charge is 0.329 e. The molecular weight excluding hydrogens is 266 g/mol. The summed E-state index contributed by atoms with van der Waals surface area (Å²) in [4.78, 5) is 30.8. The zero-order chi connectivity index (χ0) is 14.6. The molecule has 2 aromatic rings. The van der Waals surface area contributed by atoms with Gasteiger partial charge in [0.25, 0.3) is 5.91 Å². The highest BCUT2D eigenvalue weighted by molar-refractivity contribution is 6.25. The van der Waals surface area contributed by atoms with Crippen molar-refractivity contribution in [2.75, 3.05) is 4.90 Å². The van der Waals surface area contributed by atoms with Crippen molar-refractivity contribution in [1.29, 1.82) is 0 Å². The summed E-state index contributed by atoms with van der Waals surface area (Å²) in [7, 11) is 0. The molecule has 4 rings (SSSR count). The number of hydrogen-bond donors (Lipinski definition) is 1. The quantitative estimate of drug-likeness (QED) is 0.868. The summed E-state index contributed by atoms with van der Waals surface area (Å²) in [5.41, 5.74) is 1.32. The molecule has 2 aliphatic heterocycles. The summed E-state index contributed by atoms with van der Waals surface area (Å²) in [5.74, 6) is 0.244. The van der Waals surface area contributed by atoms with Crippen LogP contribution in [0.4, 0.5) is 5.82 Å². The van der Waals surface area contributed by atoms with Gasteiger partial charge in [-0.2, -0.15) is 0 Å².